The standard InChI is InChI=1S/C14H12BrClF2N2/c15-11-5-4-9(17)6-8(11)7-13(20-19)10-2-1-3-12(16)14(10)18/h1-6,13,20H,7,19H2. The Kier molecular flexibility index (Phi) is 5.10. The first-order valence-electron chi connectivity index (χ1n) is 5.87. The summed E-state index contributed by atoms with van der Waals surface area (Å²) in [6.45, 7) is 0. The first kappa shape index (κ1) is 15.4. The van der Waals surface area contributed by atoms with E-state index < -0.39 is 11.9 Å². The van der Waals surface area contributed by atoms with Crippen LogP contribution in [-0.2, 0) is 6.42 Å². The van der Waals surface area contributed by atoms with Gasteiger partial charge in [0.15, 0.2) is 0 Å². The second-order valence-electron chi connectivity index (χ2n) is 4.30. The highest BCUT2D eigenvalue weighted by molar-refractivity contribution is 9.10. The van der Waals surface area contributed by atoms with Crippen molar-refractivity contribution in [1.82, 2.24) is 5.43 Å². The molecule has 0 saturated carbocycles. The van der Waals surface area contributed by atoms with Gasteiger partial charge in [0.2, 0.25) is 0 Å². The van der Waals surface area contributed by atoms with Crippen LogP contribution < -0.4 is 11.3 Å². The van der Waals surface area contributed by atoms with Crippen molar-refractivity contribution >= 4 is 27.5 Å². The Bertz CT molecular complexity index is 622. The number of rotatable bonds is 4. The average Bonchev–Trinajstić information content (AvgIpc) is 2.43. The number of nitrogens with two attached hydrogens (primary N) is 1. The minimum absolute atomic E-state index is 0.0288. The molecule has 0 aromatic heterocycles. The van der Waals surface area contributed by atoms with Gasteiger partial charge in [0.05, 0.1) is 11.1 Å². The fraction of sp³-hybridized carbons (Fsp3) is 0.143. The summed E-state index contributed by atoms with van der Waals surface area (Å²) in [5.41, 5.74) is 3.57. The van der Waals surface area contributed by atoms with E-state index in [4.69, 9.17) is 17.4 Å². The molecule has 0 aliphatic heterocycles. The number of hydrogen-bond donors (Lipinski definition) is 2. The molecule has 2 rings (SSSR count). The van der Waals surface area contributed by atoms with E-state index in [0.717, 1.165) is 4.47 Å². The summed E-state index contributed by atoms with van der Waals surface area (Å²) >= 11 is 9.10. The molecule has 106 valence electrons. The number of benzene rings is 2. The predicted octanol–water partition coefficient (Wildman–Crippen LogP) is 4.13. The van der Waals surface area contributed by atoms with E-state index >= 15 is 0 Å². The van der Waals surface area contributed by atoms with Gasteiger partial charge < -0.3 is 0 Å². The van der Waals surface area contributed by atoms with E-state index in [0.29, 0.717) is 17.5 Å². The van der Waals surface area contributed by atoms with E-state index in [1.54, 1.807) is 18.2 Å². The normalized spacial score (nSPS) is 12.4. The maximum atomic E-state index is 14.0. The molecule has 2 nitrogen and oxygen atoms in total. The van der Waals surface area contributed by atoms with Crippen molar-refractivity contribution < 1.29 is 8.78 Å². The Balaban J connectivity index is 2.34. The topological polar surface area (TPSA) is 38.0 Å². The molecule has 0 heterocycles. The van der Waals surface area contributed by atoms with E-state index in [2.05, 4.69) is 21.4 Å². The quantitative estimate of drug-likeness (QED) is 0.635. The van der Waals surface area contributed by atoms with Gasteiger partial charge in [0.1, 0.15) is 11.6 Å². The van der Waals surface area contributed by atoms with Crippen LogP contribution in [0.2, 0.25) is 5.02 Å². The van der Waals surface area contributed by atoms with Crippen molar-refractivity contribution in [3.05, 3.63) is 68.7 Å². The van der Waals surface area contributed by atoms with Gasteiger partial charge in [0.25, 0.3) is 0 Å². The van der Waals surface area contributed by atoms with Gasteiger partial charge >= 0.3 is 0 Å². The van der Waals surface area contributed by atoms with Gasteiger partial charge in [-0.25, -0.2) is 8.78 Å². The van der Waals surface area contributed by atoms with Crippen molar-refractivity contribution in [1.29, 1.82) is 0 Å². The van der Waals surface area contributed by atoms with Crippen LogP contribution in [0.5, 0.6) is 0 Å². The van der Waals surface area contributed by atoms with E-state index in [1.807, 2.05) is 0 Å². The van der Waals surface area contributed by atoms with Gasteiger partial charge in [-0.3, -0.25) is 11.3 Å². The Morgan fingerprint density at radius 1 is 1.25 bits per heavy atom. The zero-order chi connectivity index (χ0) is 14.7. The first-order valence-corrected chi connectivity index (χ1v) is 7.04. The third-order valence-corrected chi connectivity index (χ3v) is 4.06. The Morgan fingerprint density at radius 2 is 2.00 bits per heavy atom. The molecule has 3 N–H and O–H groups in total. The number of hydrogen-bond acceptors (Lipinski definition) is 2. The van der Waals surface area contributed by atoms with E-state index in [1.165, 1.54) is 18.2 Å². The van der Waals surface area contributed by atoms with Gasteiger partial charge in [-0.1, -0.05) is 39.7 Å². The van der Waals surface area contributed by atoms with Crippen LogP contribution in [-0.4, -0.2) is 0 Å². The minimum Gasteiger partial charge on any atom is -0.271 e. The summed E-state index contributed by atoms with van der Waals surface area (Å²) in [7, 11) is 0. The number of hydrazine groups is 1. The van der Waals surface area contributed by atoms with Gasteiger partial charge in [-0.15, -0.1) is 0 Å². The molecule has 2 aromatic carbocycles. The first-order chi connectivity index (χ1) is 9.52. The molecule has 0 fully saturated rings. The molecular weight excluding hydrogens is 350 g/mol. The number of nitrogens with one attached hydrogen (secondary N) is 1. The molecule has 0 aliphatic carbocycles. The lowest BCUT2D eigenvalue weighted by Gasteiger charge is -2.18. The van der Waals surface area contributed by atoms with Gasteiger partial charge in [-0.05, 0) is 36.2 Å². The number of halogens is 4. The van der Waals surface area contributed by atoms with Crippen LogP contribution in [0.15, 0.2) is 40.9 Å². The summed E-state index contributed by atoms with van der Waals surface area (Å²) in [6, 6.07) is 8.53. The van der Waals surface area contributed by atoms with Gasteiger partial charge in [0, 0.05) is 10.0 Å². The molecule has 0 spiro atoms. The molecule has 2 aromatic rings. The smallest absolute Gasteiger partial charge is 0.146 e. The summed E-state index contributed by atoms with van der Waals surface area (Å²) < 4.78 is 28.0. The fourth-order valence-corrected chi connectivity index (χ4v) is 2.56. The Hall–Kier alpha value is -1.01. The maximum Gasteiger partial charge on any atom is 0.146 e. The minimum atomic E-state index is -0.523. The second kappa shape index (κ2) is 6.63. The zero-order valence-corrected chi connectivity index (χ0v) is 12.7. The van der Waals surface area contributed by atoms with E-state index in [-0.39, 0.29) is 10.8 Å². The Morgan fingerprint density at radius 3 is 2.70 bits per heavy atom. The maximum absolute atomic E-state index is 14.0. The molecule has 0 radical (unpaired) electrons. The molecule has 20 heavy (non-hydrogen) atoms. The molecule has 1 unspecified atom stereocenters. The predicted molar refractivity (Wildman–Crippen MR) is 79.3 cm³/mol. The summed E-state index contributed by atoms with van der Waals surface area (Å²) in [5, 5.41) is 0.0288. The highest BCUT2D eigenvalue weighted by Crippen LogP contribution is 2.28. The lowest BCUT2D eigenvalue weighted by molar-refractivity contribution is 0.509. The third kappa shape index (κ3) is 3.35. The third-order valence-electron chi connectivity index (χ3n) is 2.99. The van der Waals surface area contributed by atoms with Crippen LogP contribution in [0, 0.1) is 11.6 Å². The summed E-state index contributed by atoms with van der Waals surface area (Å²) in [5.74, 6) is 4.61. The Labute approximate surface area is 129 Å². The largest absolute Gasteiger partial charge is 0.271 e. The van der Waals surface area contributed by atoms with E-state index in [9.17, 15) is 8.78 Å². The molecule has 0 aliphatic rings. The lowest BCUT2D eigenvalue weighted by atomic mass is 9.99. The molecule has 0 bridgehead atoms. The summed E-state index contributed by atoms with van der Waals surface area (Å²) in [6.07, 6.45) is 0.326. The SMILES string of the molecule is NNC(Cc1cc(F)ccc1Br)c1cccc(Cl)c1F. The van der Waals surface area contributed by atoms with Crippen LogP contribution in [0.1, 0.15) is 17.2 Å². The van der Waals surface area contributed by atoms with Crippen molar-refractivity contribution in [2.45, 2.75) is 12.5 Å². The fourth-order valence-electron chi connectivity index (χ4n) is 1.97. The monoisotopic (exact) mass is 360 g/mol. The summed E-state index contributed by atoms with van der Waals surface area (Å²) in [4.78, 5) is 0. The zero-order valence-electron chi connectivity index (χ0n) is 10.3. The van der Waals surface area contributed by atoms with Crippen molar-refractivity contribution in [2.24, 2.45) is 5.84 Å². The molecule has 0 saturated heterocycles. The molecule has 0 amide bonds. The van der Waals surface area contributed by atoms with Crippen LogP contribution in [0.4, 0.5) is 8.78 Å². The molecular formula is C14H12BrClF2N2. The highest BCUT2D eigenvalue weighted by atomic mass is 79.9. The van der Waals surface area contributed by atoms with Gasteiger partial charge in [-0.2, -0.15) is 0 Å². The molecule has 1 atom stereocenters. The average molecular weight is 362 g/mol. The van der Waals surface area contributed by atoms with Crippen LogP contribution >= 0.6 is 27.5 Å². The van der Waals surface area contributed by atoms with Crippen molar-refractivity contribution in [3.63, 3.8) is 0 Å². The highest BCUT2D eigenvalue weighted by Gasteiger charge is 2.18. The van der Waals surface area contributed by atoms with Crippen LogP contribution in [0.25, 0.3) is 0 Å². The lowest BCUT2D eigenvalue weighted by Crippen LogP contribution is -2.30. The second-order valence-corrected chi connectivity index (χ2v) is 5.56. The van der Waals surface area contributed by atoms with Crippen LogP contribution in [0.3, 0.4) is 0 Å². The van der Waals surface area contributed by atoms with Crippen molar-refractivity contribution in [2.75, 3.05) is 0 Å². The van der Waals surface area contributed by atoms with Crippen molar-refractivity contribution in [3.8, 4) is 0 Å². The molecule has 6 heteroatoms.